The SMILES string of the molecule is CN(C(=S)NC#N)c1ccccc1. The summed E-state index contributed by atoms with van der Waals surface area (Å²) in [5.41, 5.74) is 0.954. The van der Waals surface area contributed by atoms with Gasteiger partial charge in [-0.25, -0.2) is 0 Å². The average Bonchev–Trinajstić information content (AvgIpc) is 2.18. The van der Waals surface area contributed by atoms with E-state index in [1.54, 1.807) is 11.1 Å². The maximum Gasteiger partial charge on any atom is 0.186 e. The molecule has 0 aliphatic rings. The molecule has 0 spiro atoms. The van der Waals surface area contributed by atoms with Crippen LogP contribution in [0.25, 0.3) is 0 Å². The Labute approximate surface area is 82.6 Å². The van der Waals surface area contributed by atoms with Gasteiger partial charge in [-0.3, -0.25) is 5.32 Å². The van der Waals surface area contributed by atoms with Gasteiger partial charge in [0.05, 0.1) is 0 Å². The minimum atomic E-state index is 0.397. The average molecular weight is 191 g/mol. The molecule has 0 heterocycles. The van der Waals surface area contributed by atoms with Crippen molar-refractivity contribution >= 4 is 23.0 Å². The van der Waals surface area contributed by atoms with Crippen LogP contribution in [-0.2, 0) is 0 Å². The fourth-order valence-electron chi connectivity index (χ4n) is 0.901. The van der Waals surface area contributed by atoms with Crippen LogP contribution in [0.4, 0.5) is 5.69 Å². The largest absolute Gasteiger partial charge is 0.321 e. The van der Waals surface area contributed by atoms with Crippen LogP contribution in [0.1, 0.15) is 0 Å². The Morgan fingerprint density at radius 3 is 2.62 bits per heavy atom. The molecule has 1 aromatic rings. The minimum absolute atomic E-state index is 0.397. The number of hydrogen-bond donors (Lipinski definition) is 1. The van der Waals surface area contributed by atoms with Gasteiger partial charge in [-0.05, 0) is 24.4 Å². The lowest BCUT2D eigenvalue weighted by Crippen LogP contribution is -2.34. The number of nitrogens with one attached hydrogen (secondary N) is 1. The van der Waals surface area contributed by atoms with Gasteiger partial charge in [-0.1, -0.05) is 18.2 Å². The molecule has 0 saturated carbocycles. The summed E-state index contributed by atoms with van der Waals surface area (Å²) in [5.74, 6) is 0. The van der Waals surface area contributed by atoms with Crippen molar-refractivity contribution in [3.8, 4) is 6.19 Å². The number of anilines is 1. The van der Waals surface area contributed by atoms with Crippen molar-refractivity contribution in [2.45, 2.75) is 0 Å². The molecular formula is C9H9N3S. The summed E-state index contributed by atoms with van der Waals surface area (Å²) in [5, 5.41) is 11.2. The molecule has 0 bridgehead atoms. The first-order valence-corrected chi connectivity index (χ1v) is 4.14. The van der Waals surface area contributed by atoms with Crippen LogP contribution in [0, 0.1) is 11.5 Å². The monoisotopic (exact) mass is 191 g/mol. The molecule has 0 aliphatic carbocycles. The molecule has 0 radical (unpaired) electrons. The zero-order valence-corrected chi connectivity index (χ0v) is 8.01. The summed E-state index contributed by atoms with van der Waals surface area (Å²) in [4.78, 5) is 1.73. The van der Waals surface area contributed by atoms with Crippen molar-refractivity contribution in [1.29, 1.82) is 5.26 Å². The van der Waals surface area contributed by atoms with Gasteiger partial charge in [0.2, 0.25) is 0 Å². The third-order valence-corrected chi connectivity index (χ3v) is 1.99. The van der Waals surface area contributed by atoms with Gasteiger partial charge in [0.25, 0.3) is 0 Å². The molecule has 1 aromatic carbocycles. The van der Waals surface area contributed by atoms with Crippen LogP contribution in [0.3, 0.4) is 0 Å². The highest BCUT2D eigenvalue weighted by Gasteiger charge is 2.03. The van der Waals surface area contributed by atoms with Gasteiger partial charge in [-0.15, -0.1) is 0 Å². The Kier molecular flexibility index (Phi) is 3.23. The van der Waals surface area contributed by atoms with Crippen LogP contribution in [0.5, 0.6) is 0 Å². The van der Waals surface area contributed by atoms with E-state index in [0.29, 0.717) is 5.11 Å². The van der Waals surface area contributed by atoms with Crippen molar-refractivity contribution in [3.63, 3.8) is 0 Å². The van der Waals surface area contributed by atoms with E-state index >= 15 is 0 Å². The van der Waals surface area contributed by atoms with Gasteiger partial charge in [0.1, 0.15) is 0 Å². The smallest absolute Gasteiger partial charge is 0.186 e. The second-order valence-corrected chi connectivity index (χ2v) is 2.82. The van der Waals surface area contributed by atoms with E-state index in [9.17, 15) is 0 Å². The predicted octanol–water partition coefficient (Wildman–Crippen LogP) is 1.48. The quantitative estimate of drug-likeness (QED) is 0.414. The number of para-hydroxylation sites is 1. The van der Waals surface area contributed by atoms with Crippen molar-refractivity contribution in [1.82, 2.24) is 5.32 Å². The fraction of sp³-hybridized carbons (Fsp3) is 0.111. The second-order valence-electron chi connectivity index (χ2n) is 2.44. The molecule has 0 unspecified atom stereocenters. The van der Waals surface area contributed by atoms with E-state index in [4.69, 9.17) is 17.5 Å². The standard InChI is InChI=1S/C9H9N3S/c1-12(9(13)11-7-10)8-5-3-2-4-6-8/h2-6H,1H3,(H,11,13). The van der Waals surface area contributed by atoms with Gasteiger partial charge < -0.3 is 4.90 Å². The summed E-state index contributed by atoms with van der Waals surface area (Å²) in [6, 6.07) is 9.61. The maximum atomic E-state index is 8.36. The number of nitriles is 1. The van der Waals surface area contributed by atoms with Crippen LogP contribution < -0.4 is 10.2 Å². The number of thiocarbonyl (C=S) groups is 1. The van der Waals surface area contributed by atoms with Crippen molar-refractivity contribution < 1.29 is 0 Å². The van der Waals surface area contributed by atoms with Gasteiger partial charge in [0.15, 0.2) is 11.3 Å². The summed E-state index contributed by atoms with van der Waals surface area (Å²) < 4.78 is 0. The molecule has 0 atom stereocenters. The lowest BCUT2D eigenvalue weighted by Gasteiger charge is -2.17. The Hall–Kier alpha value is -1.60. The van der Waals surface area contributed by atoms with E-state index in [1.165, 1.54) is 0 Å². The summed E-state index contributed by atoms with van der Waals surface area (Å²) in [7, 11) is 1.81. The Bertz CT molecular complexity index is 328. The molecule has 13 heavy (non-hydrogen) atoms. The normalized spacial score (nSPS) is 8.62. The molecule has 3 nitrogen and oxygen atoms in total. The first-order valence-electron chi connectivity index (χ1n) is 3.73. The molecule has 1 N–H and O–H groups in total. The Balaban J connectivity index is 2.75. The molecule has 1 rings (SSSR count). The van der Waals surface area contributed by atoms with E-state index in [-0.39, 0.29) is 0 Å². The van der Waals surface area contributed by atoms with E-state index < -0.39 is 0 Å². The third-order valence-electron chi connectivity index (χ3n) is 1.61. The van der Waals surface area contributed by atoms with Crippen molar-refractivity contribution in [2.24, 2.45) is 0 Å². The highest BCUT2D eigenvalue weighted by atomic mass is 32.1. The molecule has 4 heteroatoms. The maximum absolute atomic E-state index is 8.36. The van der Waals surface area contributed by atoms with Gasteiger partial charge in [0, 0.05) is 12.7 Å². The number of rotatable bonds is 1. The van der Waals surface area contributed by atoms with Crippen LogP contribution in [0.15, 0.2) is 30.3 Å². The topological polar surface area (TPSA) is 39.1 Å². The lowest BCUT2D eigenvalue weighted by atomic mass is 10.3. The van der Waals surface area contributed by atoms with E-state index in [1.807, 2.05) is 37.4 Å². The number of hydrogen-bond acceptors (Lipinski definition) is 2. The van der Waals surface area contributed by atoms with E-state index in [2.05, 4.69) is 5.32 Å². The molecule has 0 fully saturated rings. The van der Waals surface area contributed by atoms with Crippen molar-refractivity contribution in [3.05, 3.63) is 30.3 Å². The zero-order valence-electron chi connectivity index (χ0n) is 7.19. The van der Waals surface area contributed by atoms with Crippen LogP contribution >= 0.6 is 12.2 Å². The van der Waals surface area contributed by atoms with Crippen LogP contribution in [0.2, 0.25) is 0 Å². The molecule has 66 valence electrons. The Morgan fingerprint density at radius 1 is 1.46 bits per heavy atom. The van der Waals surface area contributed by atoms with Crippen molar-refractivity contribution in [2.75, 3.05) is 11.9 Å². The van der Waals surface area contributed by atoms with Gasteiger partial charge in [-0.2, -0.15) is 5.26 Å². The first kappa shape index (κ1) is 9.49. The molecular weight excluding hydrogens is 182 g/mol. The highest BCUT2D eigenvalue weighted by molar-refractivity contribution is 7.80. The molecule has 0 saturated heterocycles. The molecule has 0 aromatic heterocycles. The van der Waals surface area contributed by atoms with Crippen LogP contribution in [-0.4, -0.2) is 12.2 Å². The molecule has 0 aliphatic heterocycles. The summed E-state index contributed by atoms with van der Waals surface area (Å²) in [6.07, 6.45) is 1.79. The zero-order chi connectivity index (χ0) is 9.68. The third kappa shape index (κ3) is 2.42. The van der Waals surface area contributed by atoms with Gasteiger partial charge >= 0.3 is 0 Å². The summed E-state index contributed by atoms with van der Waals surface area (Å²) >= 11 is 4.95. The minimum Gasteiger partial charge on any atom is -0.321 e. The lowest BCUT2D eigenvalue weighted by molar-refractivity contribution is 1.18. The predicted molar refractivity (Wildman–Crippen MR) is 56.2 cm³/mol. The highest BCUT2D eigenvalue weighted by Crippen LogP contribution is 2.10. The fourth-order valence-corrected chi connectivity index (χ4v) is 1.05. The Morgan fingerprint density at radius 2 is 2.08 bits per heavy atom. The first-order chi connectivity index (χ1) is 6.25. The number of benzene rings is 1. The summed E-state index contributed by atoms with van der Waals surface area (Å²) in [6.45, 7) is 0. The number of nitrogens with zero attached hydrogens (tertiary/aromatic N) is 2. The second kappa shape index (κ2) is 4.43. The van der Waals surface area contributed by atoms with E-state index in [0.717, 1.165) is 5.69 Å². The molecule has 0 amide bonds.